The number of nitrogens with zero attached hydrogens (tertiary/aromatic N) is 1. The molecule has 2 rings (SSSR count). The van der Waals surface area contributed by atoms with Gasteiger partial charge in [-0.25, -0.2) is 4.98 Å². The maximum Gasteiger partial charge on any atom is 0.0954 e. The number of aromatic nitrogens is 1. The first-order valence-electron chi connectivity index (χ1n) is 6.64. The highest BCUT2D eigenvalue weighted by molar-refractivity contribution is 7.09. The minimum Gasteiger partial charge on any atom is -0.378 e. The van der Waals surface area contributed by atoms with Gasteiger partial charge in [-0.05, 0) is 32.2 Å². The lowest BCUT2D eigenvalue weighted by molar-refractivity contribution is 0.0167. The van der Waals surface area contributed by atoms with Crippen molar-refractivity contribution in [2.24, 2.45) is 0 Å². The molecule has 1 N–H and O–H groups in total. The Hall–Kier alpha value is -0.450. The third kappa shape index (κ3) is 4.37. The van der Waals surface area contributed by atoms with Gasteiger partial charge in [0.1, 0.15) is 0 Å². The summed E-state index contributed by atoms with van der Waals surface area (Å²) >= 11 is 1.77. The maximum atomic E-state index is 5.74. The zero-order chi connectivity index (χ0) is 11.9. The Kier molecular flexibility index (Phi) is 5.42. The molecule has 96 valence electrons. The van der Waals surface area contributed by atoms with Crippen LogP contribution in [-0.2, 0) is 17.7 Å². The molecule has 0 bridgehead atoms. The predicted octanol–water partition coefficient (Wildman–Crippen LogP) is 2.75. The summed E-state index contributed by atoms with van der Waals surface area (Å²) in [5, 5.41) is 6.78. The van der Waals surface area contributed by atoms with Crippen molar-refractivity contribution in [3.63, 3.8) is 0 Å². The van der Waals surface area contributed by atoms with E-state index in [-0.39, 0.29) is 0 Å². The second-order valence-corrected chi connectivity index (χ2v) is 5.54. The van der Waals surface area contributed by atoms with Crippen LogP contribution in [-0.4, -0.2) is 24.2 Å². The number of hydrogen-bond donors (Lipinski definition) is 1. The van der Waals surface area contributed by atoms with Gasteiger partial charge in [0.05, 0.1) is 16.8 Å². The van der Waals surface area contributed by atoms with Crippen LogP contribution >= 0.6 is 11.3 Å². The molecule has 1 fully saturated rings. The lowest BCUT2D eigenvalue weighted by Gasteiger charge is -2.21. The van der Waals surface area contributed by atoms with Crippen molar-refractivity contribution in [1.82, 2.24) is 10.3 Å². The van der Waals surface area contributed by atoms with E-state index in [1.54, 1.807) is 11.3 Å². The molecule has 0 aromatic carbocycles. The Morgan fingerprint density at radius 1 is 1.53 bits per heavy atom. The molecule has 1 aliphatic rings. The number of thiazole rings is 1. The van der Waals surface area contributed by atoms with E-state index in [0.29, 0.717) is 6.10 Å². The van der Waals surface area contributed by atoms with E-state index in [1.807, 2.05) is 0 Å². The standard InChI is InChI=1S/C13H22N2OS/c1-2-6-14-9-11-10-17-13(15-11)8-12-5-3-4-7-16-12/h10,12,14H,2-9H2,1H3. The molecule has 4 heteroatoms. The first-order chi connectivity index (χ1) is 8.38. The molecule has 0 aliphatic carbocycles. The van der Waals surface area contributed by atoms with Crippen molar-refractivity contribution < 1.29 is 4.74 Å². The monoisotopic (exact) mass is 254 g/mol. The van der Waals surface area contributed by atoms with Gasteiger partial charge in [-0.1, -0.05) is 6.92 Å². The summed E-state index contributed by atoms with van der Waals surface area (Å²) in [6.07, 6.45) is 6.31. The Balaban J connectivity index is 1.76. The van der Waals surface area contributed by atoms with Gasteiger partial charge in [-0.3, -0.25) is 0 Å². The molecule has 1 saturated heterocycles. The van der Waals surface area contributed by atoms with Crippen molar-refractivity contribution in [2.75, 3.05) is 13.2 Å². The van der Waals surface area contributed by atoms with Gasteiger partial charge in [0.2, 0.25) is 0 Å². The highest BCUT2D eigenvalue weighted by Crippen LogP contribution is 2.19. The highest BCUT2D eigenvalue weighted by Gasteiger charge is 2.16. The Morgan fingerprint density at radius 2 is 2.47 bits per heavy atom. The van der Waals surface area contributed by atoms with Gasteiger partial charge in [0.25, 0.3) is 0 Å². The second kappa shape index (κ2) is 7.09. The van der Waals surface area contributed by atoms with Crippen LogP contribution in [0.15, 0.2) is 5.38 Å². The van der Waals surface area contributed by atoms with Gasteiger partial charge >= 0.3 is 0 Å². The number of rotatable bonds is 6. The van der Waals surface area contributed by atoms with E-state index in [1.165, 1.54) is 36.4 Å². The molecule has 0 spiro atoms. The van der Waals surface area contributed by atoms with E-state index < -0.39 is 0 Å². The Bertz CT molecular complexity index is 321. The first kappa shape index (κ1) is 13.0. The number of nitrogens with one attached hydrogen (secondary N) is 1. The zero-order valence-electron chi connectivity index (χ0n) is 10.6. The van der Waals surface area contributed by atoms with Crippen molar-refractivity contribution in [3.05, 3.63) is 16.1 Å². The van der Waals surface area contributed by atoms with Gasteiger partial charge in [-0.15, -0.1) is 11.3 Å². The average molecular weight is 254 g/mol. The van der Waals surface area contributed by atoms with Crippen molar-refractivity contribution in [3.8, 4) is 0 Å². The first-order valence-corrected chi connectivity index (χ1v) is 7.52. The fourth-order valence-corrected chi connectivity index (χ4v) is 2.94. The SMILES string of the molecule is CCCNCc1csc(CC2CCCCO2)n1. The Morgan fingerprint density at radius 3 is 3.24 bits per heavy atom. The van der Waals surface area contributed by atoms with Crippen molar-refractivity contribution >= 4 is 11.3 Å². The minimum absolute atomic E-state index is 0.409. The molecule has 0 amide bonds. The smallest absolute Gasteiger partial charge is 0.0954 e. The molecule has 3 nitrogen and oxygen atoms in total. The zero-order valence-corrected chi connectivity index (χ0v) is 11.4. The third-order valence-corrected chi connectivity index (χ3v) is 3.93. The van der Waals surface area contributed by atoms with Crippen LogP contribution in [0.1, 0.15) is 43.3 Å². The summed E-state index contributed by atoms with van der Waals surface area (Å²) in [7, 11) is 0. The normalized spacial score (nSPS) is 20.6. The average Bonchev–Trinajstić information content (AvgIpc) is 2.79. The number of ether oxygens (including phenoxy) is 1. The molecule has 1 unspecified atom stereocenters. The maximum absolute atomic E-state index is 5.74. The molecule has 0 saturated carbocycles. The van der Waals surface area contributed by atoms with Crippen LogP contribution < -0.4 is 5.32 Å². The van der Waals surface area contributed by atoms with Crippen LogP contribution in [0, 0.1) is 0 Å². The van der Waals surface area contributed by atoms with Crippen molar-refractivity contribution in [2.45, 2.75) is 51.7 Å². The highest BCUT2D eigenvalue weighted by atomic mass is 32.1. The molecule has 17 heavy (non-hydrogen) atoms. The fraction of sp³-hybridized carbons (Fsp3) is 0.769. The Labute approximate surface area is 108 Å². The molecule has 1 aliphatic heterocycles. The van der Waals surface area contributed by atoms with E-state index in [9.17, 15) is 0 Å². The van der Waals surface area contributed by atoms with Crippen LogP contribution in [0.3, 0.4) is 0 Å². The minimum atomic E-state index is 0.409. The number of hydrogen-bond acceptors (Lipinski definition) is 4. The molecule has 2 heterocycles. The largest absolute Gasteiger partial charge is 0.378 e. The quantitative estimate of drug-likeness (QED) is 0.793. The molecule has 1 aromatic heterocycles. The summed E-state index contributed by atoms with van der Waals surface area (Å²) < 4.78 is 5.74. The van der Waals surface area contributed by atoms with Crippen LogP contribution in [0.5, 0.6) is 0 Å². The van der Waals surface area contributed by atoms with Crippen molar-refractivity contribution in [1.29, 1.82) is 0 Å². The van der Waals surface area contributed by atoms with Gasteiger partial charge < -0.3 is 10.1 Å². The molecular weight excluding hydrogens is 232 g/mol. The lowest BCUT2D eigenvalue weighted by Crippen LogP contribution is -2.21. The van der Waals surface area contributed by atoms with E-state index >= 15 is 0 Å². The topological polar surface area (TPSA) is 34.1 Å². The summed E-state index contributed by atoms with van der Waals surface area (Å²) in [5.74, 6) is 0. The molecule has 1 atom stereocenters. The van der Waals surface area contributed by atoms with Crippen LogP contribution in [0.2, 0.25) is 0 Å². The van der Waals surface area contributed by atoms with Gasteiger partial charge in [-0.2, -0.15) is 0 Å². The van der Waals surface area contributed by atoms with Crippen LogP contribution in [0.4, 0.5) is 0 Å². The molecular formula is C13H22N2OS. The molecule has 1 aromatic rings. The summed E-state index contributed by atoms with van der Waals surface area (Å²) in [4.78, 5) is 4.65. The summed E-state index contributed by atoms with van der Waals surface area (Å²) in [5.41, 5.74) is 1.18. The third-order valence-electron chi connectivity index (χ3n) is 3.01. The van der Waals surface area contributed by atoms with E-state index in [2.05, 4.69) is 22.6 Å². The summed E-state index contributed by atoms with van der Waals surface area (Å²) in [6, 6.07) is 0. The van der Waals surface area contributed by atoms with E-state index in [4.69, 9.17) is 4.74 Å². The van der Waals surface area contributed by atoms with Gasteiger partial charge in [0, 0.05) is 25.0 Å². The van der Waals surface area contributed by atoms with E-state index in [0.717, 1.165) is 26.1 Å². The fourth-order valence-electron chi connectivity index (χ4n) is 2.08. The second-order valence-electron chi connectivity index (χ2n) is 4.60. The summed E-state index contributed by atoms with van der Waals surface area (Å²) in [6.45, 7) is 5.08. The van der Waals surface area contributed by atoms with Crippen LogP contribution in [0.25, 0.3) is 0 Å². The molecule has 0 radical (unpaired) electrons. The predicted molar refractivity (Wildman–Crippen MR) is 71.4 cm³/mol. The van der Waals surface area contributed by atoms with Gasteiger partial charge in [0.15, 0.2) is 0 Å². The lowest BCUT2D eigenvalue weighted by atomic mass is 10.1.